The summed E-state index contributed by atoms with van der Waals surface area (Å²) in [5.41, 5.74) is 7.05. The molecule has 2 heterocycles. The van der Waals surface area contributed by atoms with E-state index in [9.17, 15) is 4.79 Å². The molecule has 1 aromatic rings. The highest BCUT2D eigenvalue weighted by Crippen LogP contribution is 2.23. The number of amides is 1. The quantitative estimate of drug-likeness (QED) is 0.829. The second-order valence-corrected chi connectivity index (χ2v) is 4.58. The smallest absolute Gasteiger partial charge is 0.274 e. The zero-order valence-electron chi connectivity index (χ0n) is 10.1. The van der Waals surface area contributed by atoms with Gasteiger partial charge < -0.3 is 10.6 Å². The third kappa shape index (κ3) is 2.79. The summed E-state index contributed by atoms with van der Waals surface area (Å²) in [5.74, 6) is 0.437. The summed E-state index contributed by atoms with van der Waals surface area (Å²) in [6.45, 7) is 5.35. The molecule has 5 nitrogen and oxygen atoms in total. The van der Waals surface area contributed by atoms with Gasteiger partial charge in [0.25, 0.3) is 5.91 Å². The fraction of sp³-hybridized carbons (Fsp3) is 0.636. The van der Waals surface area contributed by atoms with Crippen LogP contribution in [0.5, 0.6) is 0 Å². The molecule has 1 aliphatic rings. The Bertz CT molecular complexity index is 393. The Balaban J connectivity index is 0.00000144. The number of aromatic nitrogens is 2. The number of nitrogens with zero attached hydrogens (tertiary/aromatic N) is 2. The number of aromatic amines is 1. The summed E-state index contributed by atoms with van der Waals surface area (Å²) in [4.78, 5) is 14.0. The average Bonchev–Trinajstić information content (AvgIpc) is 2.83. The van der Waals surface area contributed by atoms with Crippen molar-refractivity contribution in [3.05, 3.63) is 17.5 Å². The van der Waals surface area contributed by atoms with Gasteiger partial charge in [0, 0.05) is 18.3 Å². The highest BCUT2D eigenvalue weighted by atomic mass is 35.5. The Hall–Kier alpha value is -1.07. The van der Waals surface area contributed by atoms with Crippen LogP contribution >= 0.6 is 12.4 Å². The zero-order valence-corrected chi connectivity index (χ0v) is 11.0. The predicted octanol–water partition coefficient (Wildman–Crippen LogP) is 0.949. The lowest BCUT2D eigenvalue weighted by atomic mass is 10.1. The molecule has 0 aromatic carbocycles. The van der Waals surface area contributed by atoms with Crippen LogP contribution in [-0.4, -0.2) is 40.1 Å². The van der Waals surface area contributed by atoms with Crippen LogP contribution < -0.4 is 5.73 Å². The molecule has 2 atom stereocenters. The maximum atomic E-state index is 12.1. The Kier molecular flexibility index (Phi) is 4.54. The highest BCUT2D eigenvalue weighted by Gasteiger charge is 2.32. The van der Waals surface area contributed by atoms with E-state index in [0.29, 0.717) is 18.2 Å². The molecule has 0 saturated carbocycles. The maximum Gasteiger partial charge on any atom is 0.274 e. The molecule has 2 unspecified atom stereocenters. The topological polar surface area (TPSA) is 75.0 Å². The standard InChI is InChI=1S/C11H18N4O.ClH/c1-7-3-10(14-13-7)11(16)15-6-9(5-12)4-8(15)2;/h3,8-9H,4-6,12H2,1-2H3,(H,13,14);1H. The zero-order chi connectivity index (χ0) is 11.7. The molecule has 1 aliphatic heterocycles. The van der Waals surface area contributed by atoms with Gasteiger partial charge in [0.1, 0.15) is 5.69 Å². The lowest BCUT2D eigenvalue weighted by Crippen LogP contribution is -2.34. The van der Waals surface area contributed by atoms with Crippen molar-refractivity contribution in [1.29, 1.82) is 0 Å². The van der Waals surface area contributed by atoms with Gasteiger partial charge in [-0.3, -0.25) is 9.89 Å². The van der Waals surface area contributed by atoms with Crippen molar-refractivity contribution in [2.24, 2.45) is 11.7 Å². The first-order chi connectivity index (χ1) is 7.61. The van der Waals surface area contributed by atoms with Gasteiger partial charge in [-0.25, -0.2) is 0 Å². The van der Waals surface area contributed by atoms with Gasteiger partial charge in [0.15, 0.2) is 0 Å². The fourth-order valence-electron chi connectivity index (χ4n) is 2.27. The summed E-state index contributed by atoms with van der Waals surface area (Å²) in [6, 6.07) is 2.04. The van der Waals surface area contributed by atoms with Crippen LogP contribution in [0.25, 0.3) is 0 Å². The maximum absolute atomic E-state index is 12.1. The Morgan fingerprint density at radius 1 is 1.71 bits per heavy atom. The number of carbonyl (C=O) groups is 1. The summed E-state index contributed by atoms with van der Waals surface area (Å²) in [7, 11) is 0. The minimum atomic E-state index is 0. The number of carbonyl (C=O) groups excluding carboxylic acids is 1. The van der Waals surface area contributed by atoms with Crippen molar-refractivity contribution < 1.29 is 4.79 Å². The Morgan fingerprint density at radius 2 is 2.41 bits per heavy atom. The molecule has 3 N–H and O–H groups in total. The number of hydrogen-bond acceptors (Lipinski definition) is 3. The number of likely N-dealkylation sites (tertiary alicyclic amines) is 1. The van der Waals surface area contributed by atoms with Crippen LogP contribution in [0.2, 0.25) is 0 Å². The molecule has 1 aromatic heterocycles. The van der Waals surface area contributed by atoms with E-state index >= 15 is 0 Å². The van der Waals surface area contributed by atoms with Gasteiger partial charge in [0.2, 0.25) is 0 Å². The normalized spacial score (nSPS) is 23.6. The van der Waals surface area contributed by atoms with E-state index in [1.54, 1.807) is 6.07 Å². The SMILES string of the molecule is Cc1cc(C(=O)N2CC(CN)CC2C)n[nH]1.Cl. The van der Waals surface area contributed by atoms with Gasteiger partial charge in [-0.2, -0.15) is 5.10 Å². The van der Waals surface area contributed by atoms with Crippen LogP contribution in [0.4, 0.5) is 0 Å². The summed E-state index contributed by atoms with van der Waals surface area (Å²) in [6.07, 6.45) is 0.992. The number of nitrogens with two attached hydrogens (primary N) is 1. The molecule has 1 fully saturated rings. The van der Waals surface area contributed by atoms with Crippen molar-refractivity contribution in [2.45, 2.75) is 26.3 Å². The first-order valence-corrected chi connectivity index (χ1v) is 5.65. The van der Waals surface area contributed by atoms with Gasteiger partial charge in [-0.15, -0.1) is 12.4 Å². The first-order valence-electron chi connectivity index (χ1n) is 5.65. The molecule has 0 spiro atoms. The average molecular weight is 259 g/mol. The van der Waals surface area contributed by atoms with Crippen LogP contribution in [0.1, 0.15) is 29.5 Å². The minimum absolute atomic E-state index is 0. The molecule has 0 radical (unpaired) electrons. The lowest BCUT2D eigenvalue weighted by molar-refractivity contribution is 0.0737. The summed E-state index contributed by atoms with van der Waals surface area (Å²) >= 11 is 0. The predicted molar refractivity (Wildman–Crippen MR) is 68.2 cm³/mol. The van der Waals surface area contributed by atoms with Crippen LogP contribution in [0, 0.1) is 12.8 Å². The molecule has 1 amide bonds. The number of aryl methyl sites for hydroxylation is 1. The molecular weight excluding hydrogens is 240 g/mol. The first kappa shape index (κ1) is 14.0. The molecule has 2 rings (SSSR count). The Morgan fingerprint density at radius 3 is 2.88 bits per heavy atom. The van der Waals surface area contributed by atoms with Gasteiger partial charge >= 0.3 is 0 Å². The number of halogens is 1. The third-order valence-electron chi connectivity index (χ3n) is 3.18. The molecular formula is C11H19ClN4O. The largest absolute Gasteiger partial charge is 0.334 e. The van der Waals surface area contributed by atoms with E-state index in [4.69, 9.17) is 5.73 Å². The fourth-order valence-corrected chi connectivity index (χ4v) is 2.27. The molecule has 6 heteroatoms. The molecule has 96 valence electrons. The molecule has 0 aliphatic carbocycles. The Labute approximate surface area is 107 Å². The second-order valence-electron chi connectivity index (χ2n) is 4.58. The van der Waals surface area contributed by atoms with Crippen molar-refractivity contribution in [3.63, 3.8) is 0 Å². The van der Waals surface area contributed by atoms with Crippen LogP contribution in [-0.2, 0) is 0 Å². The monoisotopic (exact) mass is 258 g/mol. The van der Waals surface area contributed by atoms with E-state index in [0.717, 1.165) is 18.7 Å². The van der Waals surface area contributed by atoms with E-state index < -0.39 is 0 Å². The van der Waals surface area contributed by atoms with Crippen molar-refractivity contribution in [1.82, 2.24) is 15.1 Å². The highest BCUT2D eigenvalue weighted by molar-refractivity contribution is 5.92. The second kappa shape index (κ2) is 5.51. The van der Waals surface area contributed by atoms with E-state index in [2.05, 4.69) is 17.1 Å². The molecule has 1 saturated heterocycles. The number of hydrogen-bond donors (Lipinski definition) is 2. The third-order valence-corrected chi connectivity index (χ3v) is 3.18. The van der Waals surface area contributed by atoms with Gasteiger partial charge in [0.05, 0.1) is 0 Å². The van der Waals surface area contributed by atoms with Crippen molar-refractivity contribution in [2.75, 3.05) is 13.1 Å². The number of H-pyrrole nitrogens is 1. The van der Waals surface area contributed by atoms with Gasteiger partial charge in [-0.05, 0) is 38.8 Å². The van der Waals surface area contributed by atoms with E-state index in [1.807, 2.05) is 11.8 Å². The van der Waals surface area contributed by atoms with E-state index in [1.165, 1.54) is 0 Å². The van der Waals surface area contributed by atoms with E-state index in [-0.39, 0.29) is 24.4 Å². The van der Waals surface area contributed by atoms with Crippen LogP contribution in [0.3, 0.4) is 0 Å². The number of rotatable bonds is 2. The van der Waals surface area contributed by atoms with Crippen molar-refractivity contribution in [3.8, 4) is 0 Å². The lowest BCUT2D eigenvalue weighted by Gasteiger charge is -2.20. The van der Waals surface area contributed by atoms with Crippen LogP contribution in [0.15, 0.2) is 6.07 Å². The van der Waals surface area contributed by atoms with Gasteiger partial charge in [-0.1, -0.05) is 0 Å². The minimum Gasteiger partial charge on any atom is -0.334 e. The molecule has 0 bridgehead atoms. The van der Waals surface area contributed by atoms with Crippen molar-refractivity contribution >= 4 is 18.3 Å². The molecule has 17 heavy (non-hydrogen) atoms. The summed E-state index contributed by atoms with van der Waals surface area (Å²) in [5, 5.41) is 6.79. The summed E-state index contributed by atoms with van der Waals surface area (Å²) < 4.78 is 0. The number of nitrogens with one attached hydrogen (secondary N) is 1.